The largest absolute Gasteiger partial charge is 0.493 e. The fourth-order valence-corrected chi connectivity index (χ4v) is 3.10. The Balaban J connectivity index is 1.89. The molecule has 0 fully saturated rings. The van der Waals surface area contributed by atoms with E-state index >= 15 is 0 Å². The van der Waals surface area contributed by atoms with Gasteiger partial charge in [-0.1, -0.05) is 24.3 Å². The molecule has 0 unspecified atom stereocenters. The van der Waals surface area contributed by atoms with Crippen molar-refractivity contribution in [1.82, 2.24) is 0 Å². The lowest BCUT2D eigenvalue weighted by atomic mass is 9.88. The van der Waals surface area contributed by atoms with Crippen LogP contribution in [-0.4, -0.2) is 33.1 Å². The van der Waals surface area contributed by atoms with Crippen LogP contribution in [0.5, 0.6) is 17.2 Å². The molecule has 0 N–H and O–H groups in total. The van der Waals surface area contributed by atoms with Crippen molar-refractivity contribution in [2.24, 2.45) is 0 Å². The van der Waals surface area contributed by atoms with Gasteiger partial charge < -0.3 is 18.9 Å². The van der Waals surface area contributed by atoms with Crippen LogP contribution >= 0.6 is 0 Å². The smallest absolute Gasteiger partial charge is 0.339 e. The Labute approximate surface area is 151 Å². The van der Waals surface area contributed by atoms with Gasteiger partial charge in [-0.25, -0.2) is 4.79 Å². The maximum Gasteiger partial charge on any atom is 0.339 e. The molecule has 0 saturated carbocycles. The molecule has 2 aromatic rings. The van der Waals surface area contributed by atoms with E-state index in [0.29, 0.717) is 35.7 Å². The lowest BCUT2D eigenvalue weighted by Crippen LogP contribution is -2.20. The first-order valence-corrected chi connectivity index (χ1v) is 8.22. The molecule has 136 valence electrons. The summed E-state index contributed by atoms with van der Waals surface area (Å²) in [5.41, 5.74) is 1.64. The standard InChI is InChI=1S/C20H20O6/c1-23-17-10-12(11-18(24-2)19(17)25-3)20(22)26-16-9-8-15(21)13-6-4-5-7-14(13)16/h4-7,10-11,16H,8-9H2,1-3H3/t16-/m0/s1. The molecule has 0 aliphatic heterocycles. The van der Waals surface area contributed by atoms with Gasteiger partial charge in [0.15, 0.2) is 17.3 Å². The van der Waals surface area contributed by atoms with Crippen LogP contribution in [0.25, 0.3) is 0 Å². The van der Waals surface area contributed by atoms with E-state index in [1.807, 2.05) is 12.1 Å². The second-order valence-electron chi connectivity index (χ2n) is 5.86. The van der Waals surface area contributed by atoms with Crippen molar-refractivity contribution >= 4 is 11.8 Å². The van der Waals surface area contributed by atoms with Gasteiger partial charge in [0, 0.05) is 17.5 Å². The number of fused-ring (bicyclic) bond motifs is 1. The van der Waals surface area contributed by atoms with Crippen molar-refractivity contribution in [1.29, 1.82) is 0 Å². The molecule has 0 radical (unpaired) electrons. The first-order valence-electron chi connectivity index (χ1n) is 8.22. The summed E-state index contributed by atoms with van der Waals surface area (Å²) in [6.45, 7) is 0. The van der Waals surface area contributed by atoms with E-state index in [1.54, 1.807) is 24.3 Å². The van der Waals surface area contributed by atoms with E-state index in [4.69, 9.17) is 18.9 Å². The molecule has 2 aromatic carbocycles. The number of ether oxygens (including phenoxy) is 4. The zero-order valence-corrected chi connectivity index (χ0v) is 14.9. The Morgan fingerprint density at radius 2 is 1.65 bits per heavy atom. The van der Waals surface area contributed by atoms with Gasteiger partial charge >= 0.3 is 5.97 Å². The number of carbonyl (C=O) groups excluding carboxylic acids is 2. The summed E-state index contributed by atoms with van der Waals surface area (Å²) >= 11 is 0. The van der Waals surface area contributed by atoms with Crippen LogP contribution in [0.2, 0.25) is 0 Å². The van der Waals surface area contributed by atoms with Gasteiger partial charge in [0.25, 0.3) is 0 Å². The fraction of sp³-hybridized carbons (Fsp3) is 0.300. The molecule has 3 rings (SSSR count). The van der Waals surface area contributed by atoms with Gasteiger partial charge in [0.1, 0.15) is 6.10 Å². The van der Waals surface area contributed by atoms with Crippen LogP contribution in [0, 0.1) is 0 Å². The summed E-state index contributed by atoms with van der Waals surface area (Å²) < 4.78 is 21.5. The van der Waals surface area contributed by atoms with E-state index in [2.05, 4.69) is 0 Å². The van der Waals surface area contributed by atoms with Crippen molar-refractivity contribution in [3.05, 3.63) is 53.1 Å². The maximum atomic E-state index is 12.7. The maximum absolute atomic E-state index is 12.7. The van der Waals surface area contributed by atoms with E-state index < -0.39 is 12.1 Å². The second-order valence-corrected chi connectivity index (χ2v) is 5.86. The fourth-order valence-electron chi connectivity index (χ4n) is 3.10. The Morgan fingerprint density at radius 3 is 2.27 bits per heavy atom. The highest BCUT2D eigenvalue weighted by Gasteiger charge is 2.29. The number of Topliss-reactive ketones (excluding diaryl/α,β-unsaturated/α-hetero) is 1. The number of ketones is 1. The summed E-state index contributed by atoms with van der Waals surface area (Å²) in [4.78, 5) is 24.7. The molecule has 0 bridgehead atoms. The van der Waals surface area contributed by atoms with E-state index in [-0.39, 0.29) is 11.3 Å². The average Bonchev–Trinajstić information content (AvgIpc) is 2.68. The highest BCUT2D eigenvalue weighted by atomic mass is 16.5. The molecule has 6 nitrogen and oxygen atoms in total. The molecule has 1 aliphatic rings. The SMILES string of the molecule is COc1cc(C(=O)O[C@H]2CCC(=O)c3ccccc32)cc(OC)c1OC. The third-order valence-electron chi connectivity index (χ3n) is 4.39. The van der Waals surface area contributed by atoms with Gasteiger partial charge in [-0.2, -0.15) is 0 Å². The minimum atomic E-state index is -0.515. The zero-order valence-electron chi connectivity index (χ0n) is 14.9. The molecule has 0 amide bonds. The van der Waals surface area contributed by atoms with Crippen molar-refractivity contribution in [2.75, 3.05) is 21.3 Å². The molecule has 0 aromatic heterocycles. The number of rotatable bonds is 5. The van der Waals surface area contributed by atoms with Crippen molar-refractivity contribution in [3.8, 4) is 17.2 Å². The van der Waals surface area contributed by atoms with Gasteiger partial charge in [0.05, 0.1) is 26.9 Å². The molecule has 1 aliphatic carbocycles. The summed E-state index contributed by atoms with van der Waals surface area (Å²) in [6, 6.07) is 10.3. The summed E-state index contributed by atoms with van der Waals surface area (Å²) in [5, 5.41) is 0. The van der Waals surface area contributed by atoms with Crippen LogP contribution in [0.3, 0.4) is 0 Å². The van der Waals surface area contributed by atoms with Crippen LogP contribution in [0.15, 0.2) is 36.4 Å². The average molecular weight is 356 g/mol. The monoisotopic (exact) mass is 356 g/mol. The molecule has 0 saturated heterocycles. The van der Waals surface area contributed by atoms with Crippen molar-refractivity contribution < 1.29 is 28.5 Å². The number of carbonyl (C=O) groups is 2. The normalized spacial score (nSPS) is 15.8. The quantitative estimate of drug-likeness (QED) is 0.763. The number of hydrogen-bond acceptors (Lipinski definition) is 6. The molecule has 0 spiro atoms. The van der Waals surface area contributed by atoms with Crippen LogP contribution in [0.4, 0.5) is 0 Å². The van der Waals surface area contributed by atoms with Crippen LogP contribution in [-0.2, 0) is 4.74 Å². The molecule has 26 heavy (non-hydrogen) atoms. The minimum absolute atomic E-state index is 0.0701. The first kappa shape index (κ1) is 17.8. The number of benzene rings is 2. The Bertz CT molecular complexity index is 817. The topological polar surface area (TPSA) is 71.1 Å². The van der Waals surface area contributed by atoms with Gasteiger partial charge in [-0.15, -0.1) is 0 Å². The summed E-state index contributed by atoms with van der Waals surface area (Å²) in [7, 11) is 4.46. The third kappa shape index (κ3) is 3.22. The van der Waals surface area contributed by atoms with Gasteiger partial charge in [0.2, 0.25) is 5.75 Å². The van der Waals surface area contributed by atoms with Crippen molar-refractivity contribution in [2.45, 2.75) is 18.9 Å². The highest BCUT2D eigenvalue weighted by Crippen LogP contribution is 2.39. The highest BCUT2D eigenvalue weighted by molar-refractivity contribution is 5.99. The number of esters is 1. The molecule has 6 heteroatoms. The lowest BCUT2D eigenvalue weighted by Gasteiger charge is -2.24. The Morgan fingerprint density at radius 1 is 1.00 bits per heavy atom. The van der Waals surface area contributed by atoms with E-state index in [0.717, 1.165) is 5.56 Å². The van der Waals surface area contributed by atoms with Crippen molar-refractivity contribution in [3.63, 3.8) is 0 Å². The molecular formula is C20H20O6. The van der Waals surface area contributed by atoms with Gasteiger partial charge in [-0.05, 0) is 18.6 Å². The number of hydrogen-bond donors (Lipinski definition) is 0. The molecular weight excluding hydrogens is 336 g/mol. The third-order valence-corrected chi connectivity index (χ3v) is 4.39. The summed E-state index contributed by atoms with van der Waals surface area (Å²) in [6.07, 6.45) is 0.353. The Kier molecular flexibility index (Phi) is 5.11. The predicted molar refractivity (Wildman–Crippen MR) is 94.3 cm³/mol. The van der Waals surface area contributed by atoms with Crippen LogP contribution < -0.4 is 14.2 Å². The van der Waals surface area contributed by atoms with Gasteiger partial charge in [-0.3, -0.25) is 4.79 Å². The lowest BCUT2D eigenvalue weighted by molar-refractivity contribution is 0.0252. The van der Waals surface area contributed by atoms with E-state index in [1.165, 1.54) is 21.3 Å². The molecule has 1 atom stereocenters. The Hall–Kier alpha value is -3.02. The van der Waals surface area contributed by atoms with E-state index in [9.17, 15) is 9.59 Å². The second kappa shape index (κ2) is 7.47. The van der Waals surface area contributed by atoms with Crippen LogP contribution in [0.1, 0.15) is 45.2 Å². The number of methoxy groups -OCH3 is 3. The predicted octanol–water partition coefficient (Wildman–Crippen LogP) is 3.59. The minimum Gasteiger partial charge on any atom is -0.493 e. The molecule has 0 heterocycles. The zero-order chi connectivity index (χ0) is 18.7. The first-order chi connectivity index (χ1) is 12.6. The summed E-state index contributed by atoms with van der Waals surface area (Å²) in [5.74, 6) is 0.704.